The van der Waals surface area contributed by atoms with E-state index in [-0.39, 0.29) is 11.9 Å². The number of nitrogens with zero attached hydrogens (tertiary/aromatic N) is 4. The van der Waals surface area contributed by atoms with Gasteiger partial charge < -0.3 is 4.90 Å². The molecule has 1 aromatic carbocycles. The molecule has 0 bridgehead atoms. The first-order valence-electron chi connectivity index (χ1n) is 8.28. The zero-order chi connectivity index (χ0) is 16.9. The number of hydrogen-bond donors (Lipinski definition) is 1. The largest absolute Gasteiger partial charge is 0.304 e. The molecule has 1 unspecified atom stereocenters. The van der Waals surface area contributed by atoms with Crippen molar-refractivity contribution in [3.8, 4) is 0 Å². The number of rotatable bonds is 5. The van der Waals surface area contributed by atoms with Crippen LogP contribution in [0.5, 0.6) is 0 Å². The van der Waals surface area contributed by atoms with Crippen LogP contribution in [0.1, 0.15) is 23.5 Å². The highest BCUT2D eigenvalue weighted by Gasteiger charge is 2.30. The summed E-state index contributed by atoms with van der Waals surface area (Å²) in [6, 6.07) is 9.66. The molecule has 1 aliphatic heterocycles. The Balaban J connectivity index is 1.79. The number of anilines is 1. The number of hydrogen-bond acceptors (Lipinski definition) is 6. The van der Waals surface area contributed by atoms with Crippen molar-refractivity contribution in [2.24, 2.45) is 0 Å². The second-order valence-electron chi connectivity index (χ2n) is 6.00. The Bertz CT molecular complexity index is 667. The van der Waals surface area contributed by atoms with Crippen LogP contribution in [0.25, 0.3) is 0 Å². The van der Waals surface area contributed by atoms with E-state index >= 15 is 0 Å². The lowest BCUT2D eigenvalue weighted by molar-refractivity contribution is -0.122. The first-order chi connectivity index (χ1) is 11.7. The van der Waals surface area contributed by atoms with E-state index in [0.717, 1.165) is 43.2 Å². The van der Waals surface area contributed by atoms with Gasteiger partial charge in [0.1, 0.15) is 11.0 Å². The van der Waals surface area contributed by atoms with Crippen molar-refractivity contribution in [1.29, 1.82) is 0 Å². The van der Waals surface area contributed by atoms with Gasteiger partial charge in [-0.1, -0.05) is 48.6 Å². The summed E-state index contributed by atoms with van der Waals surface area (Å²) in [5.41, 5.74) is 1.01. The maximum absolute atomic E-state index is 13.0. The van der Waals surface area contributed by atoms with Crippen molar-refractivity contribution in [1.82, 2.24) is 20.0 Å². The number of nitrogens with one attached hydrogen (secondary N) is 1. The van der Waals surface area contributed by atoms with Crippen molar-refractivity contribution in [3.63, 3.8) is 0 Å². The number of amides is 1. The first-order valence-corrected chi connectivity index (χ1v) is 9.10. The molecule has 1 amide bonds. The molecule has 0 radical (unpaired) electrons. The van der Waals surface area contributed by atoms with Crippen LogP contribution in [-0.4, -0.2) is 59.1 Å². The van der Waals surface area contributed by atoms with Gasteiger partial charge in [0.2, 0.25) is 11.0 Å². The topological polar surface area (TPSA) is 61.4 Å². The fraction of sp³-hybridized carbons (Fsp3) is 0.471. The highest BCUT2D eigenvalue weighted by Crippen LogP contribution is 2.25. The van der Waals surface area contributed by atoms with Crippen LogP contribution < -0.4 is 5.32 Å². The molecule has 1 aliphatic rings. The molecule has 3 rings (SSSR count). The second kappa shape index (κ2) is 7.83. The first kappa shape index (κ1) is 17.0. The molecule has 128 valence electrons. The van der Waals surface area contributed by atoms with Crippen molar-refractivity contribution < 1.29 is 4.79 Å². The quantitative estimate of drug-likeness (QED) is 0.898. The van der Waals surface area contributed by atoms with E-state index in [9.17, 15) is 4.79 Å². The number of carbonyl (C=O) groups excluding carboxylic acids is 1. The average Bonchev–Trinajstić information content (AvgIpc) is 3.05. The molecule has 6 nitrogen and oxygen atoms in total. The third kappa shape index (κ3) is 3.98. The standard InChI is InChI=1S/C17H23N5OS/c1-3-14-19-20-17(24-14)18-16(23)15(13-7-5-4-6-8-13)22-11-9-21(2)10-12-22/h4-8,15H,3,9-12H2,1-2H3,(H,18,20,23). The molecule has 1 atom stereocenters. The van der Waals surface area contributed by atoms with Crippen LogP contribution >= 0.6 is 11.3 Å². The highest BCUT2D eigenvalue weighted by atomic mass is 32.1. The van der Waals surface area contributed by atoms with Gasteiger partial charge in [0.05, 0.1) is 0 Å². The summed E-state index contributed by atoms with van der Waals surface area (Å²) in [4.78, 5) is 17.5. The summed E-state index contributed by atoms with van der Waals surface area (Å²) < 4.78 is 0. The van der Waals surface area contributed by atoms with Gasteiger partial charge in [-0.05, 0) is 19.0 Å². The number of aromatic nitrogens is 2. The minimum Gasteiger partial charge on any atom is -0.304 e. The summed E-state index contributed by atoms with van der Waals surface area (Å²) in [6.45, 7) is 5.72. The molecule has 0 aliphatic carbocycles. The van der Waals surface area contributed by atoms with Crippen molar-refractivity contribution in [2.45, 2.75) is 19.4 Å². The zero-order valence-electron chi connectivity index (χ0n) is 14.1. The average molecular weight is 345 g/mol. The Morgan fingerprint density at radius 1 is 1.21 bits per heavy atom. The van der Waals surface area contributed by atoms with Crippen LogP contribution in [0.3, 0.4) is 0 Å². The van der Waals surface area contributed by atoms with Crippen molar-refractivity contribution in [3.05, 3.63) is 40.9 Å². The van der Waals surface area contributed by atoms with E-state index in [1.165, 1.54) is 11.3 Å². The smallest absolute Gasteiger partial charge is 0.248 e. The molecule has 2 heterocycles. The fourth-order valence-corrected chi connectivity index (χ4v) is 3.55. The van der Waals surface area contributed by atoms with Gasteiger partial charge >= 0.3 is 0 Å². The molecule has 2 aromatic rings. The maximum atomic E-state index is 13.0. The number of carbonyl (C=O) groups is 1. The predicted octanol–water partition coefficient (Wildman–Crippen LogP) is 2.03. The molecule has 1 aromatic heterocycles. The minimum atomic E-state index is -0.297. The summed E-state index contributed by atoms with van der Waals surface area (Å²) in [6.07, 6.45) is 0.827. The lowest BCUT2D eigenvalue weighted by Crippen LogP contribution is -2.48. The lowest BCUT2D eigenvalue weighted by atomic mass is 10.0. The Labute approximate surface area is 146 Å². The van der Waals surface area contributed by atoms with Crippen LogP contribution in [0, 0.1) is 0 Å². The normalized spacial score (nSPS) is 17.6. The summed E-state index contributed by atoms with van der Waals surface area (Å²) >= 11 is 1.44. The number of aryl methyl sites for hydroxylation is 1. The second-order valence-corrected chi connectivity index (χ2v) is 7.06. The Morgan fingerprint density at radius 3 is 2.54 bits per heavy atom. The molecule has 1 saturated heterocycles. The predicted molar refractivity (Wildman–Crippen MR) is 96.2 cm³/mol. The summed E-state index contributed by atoms with van der Waals surface area (Å²) in [7, 11) is 2.11. The fourth-order valence-electron chi connectivity index (χ4n) is 2.86. The molecule has 7 heteroatoms. The molecule has 1 fully saturated rings. The van der Waals surface area contributed by atoms with Gasteiger partial charge in [-0.15, -0.1) is 10.2 Å². The van der Waals surface area contributed by atoms with Gasteiger partial charge in [0.15, 0.2) is 0 Å². The molecule has 0 saturated carbocycles. The van der Waals surface area contributed by atoms with Crippen LogP contribution in [-0.2, 0) is 11.2 Å². The van der Waals surface area contributed by atoms with E-state index in [2.05, 4.69) is 32.4 Å². The Hall–Kier alpha value is -1.83. The molecule has 0 spiro atoms. The van der Waals surface area contributed by atoms with Gasteiger partial charge in [-0.2, -0.15) is 0 Å². The third-order valence-corrected chi connectivity index (χ3v) is 5.25. The van der Waals surface area contributed by atoms with Crippen LogP contribution in [0.4, 0.5) is 5.13 Å². The third-order valence-electron chi connectivity index (χ3n) is 4.27. The van der Waals surface area contributed by atoms with Gasteiger partial charge in [-0.3, -0.25) is 15.0 Å². The van der Waals surface area contributed by atoms with E-state index in [4.69, 9.17) is 0 Å². The molecular weight excluding hydrogens is 322 g/mol. The van der Waals surface area contributed by atoms with E-state index in [0.29, 0.717) is 5.13 Å². The van der Waals surface area contributed by atoms with Crippen LogP contribution in [0.2, 0.25) is 0 Å². The van der Waals surface area contributed by atoms with Crippen molar-refractivity contribution >= 4 is 22.4 Å². The molecule has 1 N–H and O–H groups in total. The van der Waals surface area contributed by atoms with Gasteiger partial charge in [-0.25, -0.2) is 0 Å². The molecular formula is C17H23N5OS. The number of piperazine rings is 1. The Kier molecular flexibility index (Phi) is 5.55. The molecule has 24 heavy (non-hydrogen) atoms. The maximum Gasteiger partial charge on any atom is 0.248 e. The zero-order valence-corrected chi connectivity index (χ0v) is 14.9. The van der Waals surface area contributed by atoms with Gasteiger partial charge in [0, 0.05) is 26.2 Å². The summed E-state index contributed by atoms with van der Waals surface area (Å²) in [5, 5.41) is 12.6. The number of benzene rings is 1. The minimum absolute atomic E-state index is 0.0374. The van der Waals surface area contributed by atoms with E-state index in [1.807, 2.05) is 37.3 Å². The Morgan fingerprint density at radius 2 is 1.92 bits per heavy atom. The number of likely N-dealkylation sites (N-methyl/N-ethyl adjacent to an activating group) is 1. The van der Waals surface area contributed by atoms with E-state index in [1.54, 1.807) is 0 Å². The van der Waals surface area contributed by atoms with E-state index < -0.39 is 0 Å². The lowest BCUT2D eigenvalue weighted by Gasteiger charge is -2.37. The monoisotopic (exact) mass is 345 g/mol. The van der Waals surface area contributed by atoms with Gasteiger partial charge in [0.25, 0.3) is 0 Å². The highest BCUT2D eigenvalue weighted by molar-refractivity contribution is 7.15. The summed E-state index contributed by atoms with van der Waals surface area (Å²) in [5.74, 6) is -0.0374. The SMILES string of the molecule is CCc1nnc(NC(=O)C(c2ccccc2)N2CCN(C)CC2)s1. The van der Waals surface area contributed by atoms with Crippen LogP contribution in [0.15, 0.2) is 30.3 Å². The van der Waals surface area contributed by atoms with Crippen molar-refractivity contribution in [2.75, 3.05) is 38.5 Å².